The van der Waals surface area contributed by atoms with E-state index in [2.05, 4.69) is 21.8 Å². The number of nitrogens with zero attached hydrogens (tertiary/aromatic N) is 4. The van der Waals surface area contributed by atoms with Gasteiger partial charge in [-0.05, 0) is 13.0 Å². The summed E-state index contributed by atoms with van der Waals surface area (Å²) >= 11 is 3.25. The summed E-state index contributed by atoms with van der Waals surface area (Å²) in [6.07, 6.45) is 3.70. The minimum Gasteiger partial charge on any atom is -0.345 e. The van der Waals surface area contributed by atoms with Crippen LogP contribution in [0, 0.1) is 0 Å². The third kappa shape index (κ3) is 3.70. The first kappa shape index (κ1) is 16.4. The lowest BCUT2D eigenvalue weighted by Gasteiger charge is -2.34. The summed E-state index contributed by atoms with van der Waals surface area (Å²) in [5.41, 5.74) is 6.08. The van der Waals surface area contributed by atoms with Crippen molar-refractivity contribution in [3.8, 4) is 0 Å². The van der Waals surface area contributed by atoms with Crippen molar-refractivity contribution in [2.24, 2.45) is 5.73 Å². The quantitative estimate of drug-likeness (QED) is 0.886. The molecule has 0 spiro atoms. The minimum atomic E-state index is 0.0255. The average Bonchev–Trinajstić information content (AvgIpc) is 3.24. The number of carbonyl (C=O) groups is 1. The van der Waals surface area contributed by atoms with Crippen LogP contribution in [-0.4, -0.2) is 53.5 Å². The van der Waals surface area contributed by atoms with E-state index in [-0.39, 0.29) is 5.91 Å². The SMILES string of the molecule is CCc1cnc(N2CCN(C(=O)c3csc(CCN)n3)CC2)s1. The van der Waals surface area contributed by atoms with E-state index in [1.165, 1.54) is 16.2 Å². The second kappa shape index (κ2) is 7.37. The molecule has 1 aliphatic rings. The lowest BCUT2D eigenvalue weighted by molar-refractivity contribution is 0.0741. The van der Waals surface area contributed by atoms with E-state index in [0.717, 1.165) is 36.1 Å². The second-order valence-electron chi connectivity index (χ2n) is 5.41. The van der Waals surface area contributed by atoms with Crippen molar-refractivity contribution in [2.45, 2.75) is 19.8 Å². The van der Waals surface area contributed by atoms with Gasteiger partial charge in [0.05, 0.1) is 5.01 Å². The predicted molar refractivity (Wildman–Crippen MR) is 94.5 cm³/mol. The fourth-order valence-corrected chi connectivity index (χ4v) is 4.21. The van der Waals surface area contributed by atoms with Crippen LogP contribution in [0.2, 0.25) is 0 Å². The summed E-state index contributed by atoms with van der Waals surface area (Å²) in [7, 11) is 0. The van der Waals surface area contributed by atoms with Crippen molar-refractivity contribution in [1.29, 1.82) is 0 Å². The zero-order chi connectivity index (χ0) is 16.2. The molecule has 0 aliphatic carbocycles. The molecule has 0 aromatic carbocycles. The van der Waals surface area contributed by atoms with Crippen LogP contribution in [0.1, 0.15) is 27.3 Å². The standard InChI is InChI=1S/C15H21N5OS2/c1-2-11-9-17-15(23-11)20-7-5-19(6-8-20)14(21)12-10-22-13(18-12)3-4-16/h9-10H,2-8,16H2,1H3. The highest BCUT2D eigenvalue weighted by Crippen LogP contribution is 2.24. The van der Waals surface area contributed by atoms with E-state index in [0.29, 0.717) is 25.3 Å². The molecule has 0 bridgehead atoms. The first-order valence-corrected chi connectivity index (χ1v) is 9.54. The number of aromatic nitrogens is 2. The van der Waals surface area contributed by atoms with Gasteiger partial charge in [0.25, 0.3) is 5.91 Å². The lowest BCUT2D eigenvalue weighted by Crippen LogP contribution is -2.48. The number of carbonyl (C=O) groups excluding carboxylic acids is 1. The normalized spacial score (nSPS) is 15.2. The van der Waals surface area contributed by atoms with Gasteiger partial charge in [0.1, 0.15) is 5.69 Å². The van der Waals surface area contributed by atoms with E-state index >= 15 is 0 Å². The molecule has 3 rings (SSSR count). The smallest absolute Gasteiger partial charge is 0.273 e. The number of aryl methyl sites for hydroxylation is 1. The first-order chi connectivity index (χ1) is 11.2. The first-order valence-electron chi connectivity index (χ1n) is 7.84. The summed E-state index contributed by atoms with van der Waals surface area (Å²) in [4.78, 5) is 26.8. The van der Waals surface area contributed by atoms with Crippen LogP contribution in [0.4, 0.5) is 5.13 Å². The molecule has 2 aromatic heterocycles. The van der Waals surface area contributed by atoms with Gasteiger partial charge in [-0.15, -0.1) is 22.7 Å². The van der Waals surface area contributed by atoms with Gasteiger partial charge in [-0.25, -0.2) is 9.97 Å². The van der Waals surface area contributed by atoms with E-state index in [4.69, 9.17) is 5.73 Å². The molecule has 1 saturated heterocycles. The molecule has 124 valence electrons. The molecule has 1 fully saturated rings. The van der Waals surface area contributed by atoms with Gasteiger partial charge in [-0.2, -0.15) is 0 Å². The second-order valence-corrected chi connectivity index (χ2v) is 7.44. The number of thiazole rings is 2. The van der Waals surface area contributed by atoms with Crippen LogP contribution in [0.3, 0.4) is 0 Å². The lowest BCUT2D eigenvalue weighted by atomic mass is 10.3. The van der Waals surface area contributed by atoms with Crippen LogP contribution in [0.15, 0.2) is 11.6 Å². The maximum Gasteiger partial charge on any atom is 0.273 e. The number of anilines is 1. The largest absolute Gasteiger partial charge is 0.345 e. The molecule has 0 atom stereocenters. The van der Waals surface area contributed by atoms with Crippen molar-refractivity contribution >= 4 is 33.7 Å². The fourth-order valence-electron chi connectivity index (χ4n) is 2.52. The van der Waals surface area contributed by atoms with Gasteiger partial charge in [-0.3, -0.25) is 4.79 Å². The van der Waals surface area contributed by atoms with Crippen LogP contribution in [0.5, 0.6) is 0 Å². The Labute approximate surface area is 144 Å². The Bertz CT molecular complexity index is 660. The number of amides is 1. The van der Waals surface area contributed by atoms with Crippen LogP contribution in [0.25, 0.3) is 0 Å². The van der Waals surface area contributed by atoms with E-state index in [1.807, 2.05) is 16.5 Å². The Morgan fingerprint density at radius 1 is 1.35 bits per heavy atom. The van der Waals surface area contributed by atoms with Gasteiger partial charge in [0.2, 0.25) is 0 Å². The van der Waals surface area contributed by atoms with E-state index in [1.54, 1.807) is 11.3 Å². The molecule has 0 radical (unpaired) electrons. The average molecular weight is 352 g/mol. The Balaban J connectivity index is 1.58. The summed E-state index contributed by atoms with van der Waals surface area (Å²) < 4.78 is 0. The van der Waals surface area contributed by atoms with Crippen molar-refractivity contribution in [1.82, 2.24) is 14.9 Å². The van der Waals surface area contributed by atoms with Gasteiger partial charge in [-0.1, -0.05) is 6.92 Å². The Kier molecular flexibility index (Phi) is 5.24. The molecule has 3 heterocycles. The monoisotopic (exact) mass is 351 g/mol. The van der Waals surface area contributed by atoms with E-state index < -0.39 is 0 Å². The van der Waals surface area contributed by atoms with E-state index in [9.17, 15) is 4.79 Å². The minimum absolute atomic E-state index is 0.0255. The third-order valence-electron chi connectivity index (χ3n) is 3.86. The van der Waals surface area contributed by atoms with Crippen LogP contribution in [-0.2, 0) is 12.8 Å². The molecule has 0 saturated carbocycles. The van der Waals surface area contributed by atoms with Gasteiger partial charge in [0, 0.05) is 49.1 Å². The molecule has 1 aliphatic heterocycles. The molecule has 0 unspecified atom stereocenters. The molecular formula is C15H21N5OS2. The summed E-state index contributed by atoms with van der Waals surface area (Å²) in [5.74, 6) is 0.0255. The van der Waals surface area contributed by atoms with Gasteiger partial charge < -0.3 is 15.5 Å². The summed E-state index contributed by atoms with van der Waals surface area (Å²) in [6, 6.07) is 0. The number of rotatable bonds is 5. The zero-order valence-corrected chi connectivity index (χ0v) is 14.8. The van der Waals surface area contributed by atoms with Crippen molar-refractivity contribution in [2.75, 3.05) is 37.6 Å². The maximum atomic E-state index is 12.5. The Hall–Kier alpha value is -1.51. The third-order valence-corrected chi connectivity index (χ3v) is 5.97. The molecule has 23 heavy (non-hydrogen) atoms. The van der Waals surface area contributed by atoms with Crippen LogP contribution >= 0.6 is 22.7 Å². The zero-order valence-electron chi connectivity index (χ0n) is 13.2. The highest BCUT2D eigenvalue weighted by molar-refractivity contribution is 7.15. The van der Waals surface area contributed by atoms with Gasteiger partial charge >= 0.3 is 0 Å². The topological polar surface area (TPSA) is 75.4 Å². The fraction of sp³-hybridized carbons (Fsp3) is 0.533. The highest BCUT2D eigenvalue weighted by atomic mass is 32.1. The molecule has 2 aromatic rings. The van der Waals surface area contributed by atoms with Gasteiger partial charge in [0.15, 0.2) is 5.13 Å². The predicted octanol–water partition coefficient (Wildman–Crippen LogP) is 1.63. The Morgan fingerprint density at radius 2 is 2.13 bits per heavy atom. The number of nitrogens with two attached hydrogens (primary N) is 1. The molecule has 6 nitrogen and oxygen atoms in total. The molecule has 1 amide bonds. The summed E-state index contributed by atoms with van der Waals surface area (Å²) in [5, 5.41) is 3.84. The van der Waals surface area contributed by atoms with Crippen molar-refractivity contribution < 1.29 is 4.79 Å². The molecule has 8 heteroatoms. The highest BCUT2D eigenvalue weighted by Gasteiger charge is 2.25. The number of hydrogen-bond donors (Lipinski definition) is 1. The molecular weight excluding hydrogens is 330 g/mol. The maximum absolute atomic E-state index is 12.5. The number of hydrogen-bond acceptors (Lipinski definition) is 7. The molecule has 2 N–H and O–H groups in total. The van der Waals surface area contributed by atoms with Crippen LogP contribution < -0.4 is 10.6 Å². The van der Waals surface area contributed by atoms with Crippen molar-refractivity contribution in [3.05, 3.63) is 27.2 Å². The number of piperazine rings is 1. The Morgan fingerprint density at radius 3 is 2.78 bits per heavy atom. The summed E-state index contributed by atoms with van der Waals surface area (Å²) in [6.45, 7) is 5.77. The van der Waals surface area contributed by atoms with Crippen molar-refractivity contribution in [3.63, 3.8) is 0 Å².